The molecule has 0 bridgehead atoms. The second-order valence-corrected chi connectivity index (χ2v) is 6.75. The average Bonchev–Trinajstić information content (AvgIpc) is 3.20. The molecule has 6 heteroatoms. The fraction of sp³-hybridized carbons (Fsp3) is 0.533. The summed E-state index contributed by atoms with van der Waals surface area (Å²) in [6, 6.07) is 0.121. The van der Waals surface area contributed by atoms with E-state index in [0.717, 1.165) is 28.6 Å². The van der Waals surface area contributed by atoms with Crippen molar-refractivity contribution in [2.24, 2.45) is 0 Å². The van der Waals surface area contributed by atoms with E-state index in [0.29, 0.717) is 11.7 Å². The number of anilines is 2. The first-order valence-electron chi connectivity index (χ1n) is 7.43. The Morgan fingerprint density at radius 2 is 2.19 bits per heavy atom. The Morgan fingerprint density at radius 1 is 1.43 bits per heavy atom. The highest BCUT2D eigenvalue weighted by Gasteiger charge is 2.28. The van der Waals surface area contributed by atoms with E-state index in [9.17, 15) is 0 Å². The first kappa shape index (κ1) is 14.3. The lowest BCUT2D eigenvalue weighted by molar-refractivity contribution is 0.841. The Bertz CT molecular complexity index is 648. The molecule has 0 spiro atoms. The van der Waals surface area contributed by atoms with E-state index in [1.54, 1.807) is 11.3 Å². The van der Waals surface area contributed by atoms with Gasteiger partial charge in [-0.2, -0.15) is 0 Å². The number of nitrogen functional groups attached to an aromatic ring is 1. The fourth-order valence-corrected chi connectivity index (χ4v) is 3.03. The monoisotopic (exact) mass is 303 g/mol. The van der Waals surface area contributed by atoms with Crippen LogP contribution in [0.4, 0.5) is 11.6 Å². The van der Waals surface area contributed by atoms with Crippen molar-refractivity contribution in [2.45, 2.75) is 52.0 Å². The molecule has 1 aliphatic carbocycles. The maximum atomic E-state index is 6.02. The van der Waals surface area contributed by atoms with Crippen molar-refractivity contribution in [1.82, 2.24) is 15.0 Å². The molecule has 0 radical (unpaired) electrons. The van der Waals surface area contributed by atoms with Gasteiger partial charge in [-0.05, 0) is 33.1 Å². The molecule has 3 rings (SSSR count). The van der Waals surface area contributed by atoms with Crippen LogP contribution in [0.1, 0.15) is 59.9 Å². The molecule has 5 nitrogen and oxygen atoms in total. The molecule has 1 fully saturated rings. The molecule has 2 aromatic rings. The van der Waals surface area contributed by atoms with E-state index in [1.165, 1.54) is 17.7 Å². The number of nitrogens with one attached hydrogen (secondary N) is 1. The van der Waals surface area contributed by atoms with Crippen molar-refractivity contribution in [2.75, 3.05) is 11.1 Å². The standard InChI is InChI=1S/C15H21N5S/c1-4-11-7-17-15(21-11)9(3)18-13-8(2)12(16)19-14(20-13)10-5-6-10/h7,9-10H,4-6H2,1-3H3,(H3,16,18,19,20). The zero-order valence-electron chi connectivity index (χ0n) is 12.7. The van der Waals surface area contributed by atoms with Crippen LogP contribution < -0.4 is 11.1 Å². The molecule has 1 aliphatic rings. The van der Waals surface area contributed by atoms with Gasteiger partial charge in [0.25, 0.3) is 0 Å². The summed E-state index contributed by atoms with van der Waals surface area (Å²) in [5.74, 6) is 2.79. The third-order valence-corrected chi connectivity index (χ3v) is 5.11. The van der Waals surface area contributed by atoms with Gasteiger partial charge in [0.2, 0.25) is 0 Å². The van der Waals surface area contributed by atoms with Crippen LogP contribution in [0.25, 0.3) is 0 Å². The largest absolute Gasteiger partial charge is 0.383 e. The molecule has 0 aliphatic heterocycles. The first-order valence-corrected chi connectivity index (χ1v) is 8.25. The summed E-state index contributed by atoms with van der Waals surface area (Å²) in [4.78, 5) is 14.9. The summed E-state index contributed by atoms with van der Waals surface area (Å²) in [5.41, 5.74) is 6.94. The predicted octanol–water partition coefficient (Wildman–Crippen LogP) is 3.44. The number of thiazole rings is 1. The van der Waals surface area contributed by atoms with Crippen LogP contribution >= 0.6 is 11.3 Å². The lowest BCUT2D eigenvalue weighted by atomic mass is 10.2. The van der Waals surface area contributed by atoms with Gasteiger partial charge in [0.15, 0.2) is 0 Å². The SMILES string of the molecule is CCc1cnc(C(C)Nc2nc(C3CC3)nc(N)c2C)s1. The van der Waals surface area contributed by atoms with Crippen LogP contribution in [0.15, 0.2) is 6.20 Å². The number of nitrogens with two attached hydrogens (primary N) is 1. The summed E-state index contributed by atoms with van der Waals surface area (Å²) < 4.78 is 0. The van der Waals surface area contributed by atoms with Crippen molar-refractivity contribution in [1.29, 1.82) is 0 Å². The number of hydrogen-bond donors (Lipinski definition) is 2. The summed E-state index contributed by atoms with van der Waals surface area (Å²) in [5, 5.41) is 4.52. The Labute approximate surface area is 129 Å². The number of nitrogens with zero attached hydrogens (tertiary/aromatic N) is 3. The average molecular weight is 303 g/mol. The van der Waals surface area contributed by atoms with Gasteiger partial charge in [0.05, 0.1) is 6.04 Å². The molecule has 21 heavy (non-hydrogen) atoms. The third-order valence-electron chi connectivity index (χ3n) is 3.79. The number of rotatable bonds is 5. The molecule has 2 heterocycles. The quantitative estimate of drug-likeness (QED) is 0.885. The second-order valence-electron chi connectivity index (χ2n) is 5.60. The molecule has 1 unspecified atom stereocenters. The lowest BCUT2D eigenvalue weighted by Crippen LogP contribution is -2.12. The Hall–Kier alpha value is -1.69. The van der Waals surface area contributed by atoms with E-state index in [4.69, 9.17) is 5.73 Å². The number of aromatic nitrogens is 3. The second kappa shape index (κ2) is 5.60. The minimum Gasteiger partial charge on any atom is -0.383 e. The molecule has 0 aromatic carbocycles. The zero-order chi connectivity index (χ0) is 15.0. The highest BCUT2D eigenvalue weighted by Crippen LogP contribution is 2.39. The van der Waals surface area contributed by atoms with Gasteiger partial charge in [0.1, 0.15) is 22.5 Å². The van der Waals surface area contributed by atoms with Crippen LogP contribution in [0.2, 0.25) is 0 Å². The van der Waals surface area contributed by atoms with E-state index < -0.39 is 0 Å². The molecule has 0 saturated heterocycles. The van der Waals surface area contributed by atoms with Gasteiger partial charge < -0.3 is 11.1 Å². The van der Waals surface area contributed by atoms with Crippen LogP contribution in [0.5, 0.6) is 0 Å². The fourth-order valence-electron chi connectivity index (χ4n) is 2.17. The Kier molecular flexibility index (Phi) is 3.80. The lowest BCUT2D eigenvalue weighted by Gasteiger charge is -2.16. The molecule has 1 atom stereocenters. The van der Waals surface area contributed by atoms with Gasteiger partial charge >= 0.3 is 0 Å². The summed E-state index contributed by atoms with van der Waals surface area (Å²) in [7, 11) is 0. The van der Waals surface area contributed by atoms with Crippen molar-refractivity contribution in [3.8, 4) is 0 Å². The summed E-state index contributed by atoms with van der Waals surface area (Å²) in [6.45, 7) is 6.21. The molecular weight excluding hydrogens is 282 g/mol. The number of aryl methyl sites for hydroxylation is 1. The molecular formula is C15H21N5S. The third kappa shape index (κ3) is 3.00. The predicted molar refractivity (Wildman–Crippen MR) is 86.7 cm³/mol. The molecule has 2 aromatic heterocycles. The minimum atomic E-state index is 0.121. The van der Waals surface area contributed by atoms with Gasteiger partial charge in [-0.25, -0.2) is 15.0 Å². The van der Waals surface area contributed by atoms with Crippen LogP contribution in [0, 0.1) is 6.92 Å². The molecule has 0 amide bonds. The van der Waals surface area contributed by atoms with Crippen LogP contribution in [-0.2, 0) is 6.42 Å². The van der Waals surface area contributed by atoms with E-state index in [2.05, 4.69) is 34.1 Å². The van der Waals surface area contributed by atoms with Crippen molar-refractivity contribution >= 4 is 23.0 Å². The topological polar surface area (TPSA) is 76.7 Å². The number of hydrogen-bond acceptors (Lipinski definition) is 6. The maximum absolute atomic E-state index is 6.02. The Morgan fingerprint density at radius 3 is 2.81 bits per heavy atom. The molecule has 3 N–H and O–H groups in total. The Balaban J connectivity index is 1.83. The minimum absolute atomic E-state index is 0.121. The van der Waals surface area contributed by atoms with Gasteiger partial charge in [0, 0.05) is 22.6 Å². The first-order chi connectivity index (χ1) is 10.1. The van der Waals surface area contributed by atoms with E-state index in [1.807, 2.05) is 13.1 Å². The van der Waals surface area contributed by atoms with Gasteiger partial charge in [-0.1, -0.05) is 6.92 Å². The summed E-state index contributed by atoms with van der Waals surface area (Å²) in [6.07, 6.45) is 5.32. The van der Waals surface area contributed by atoms with Crippen molar-refractivity contribution in [3.63, 3.8) is 0 Å². The highest BCUT2D eigenvalue weighted by molar-refractivity contribution is 7.11. The van der Waals surface area contributed by atoms with Gasteiger partial charge in [-0.3, -0.25) is 0 Å². The smallest absolute Gasteiger partial charge is 0.136 e. The highest BCUT2D eigenvalue weighted by atomic mass is 32.1. The molecule has 1 saturated carbocycles. The molecule has 112 valence electrons. The van der Waals surface area contributed by atoms with Crippen molar-refractivity contribution < 1.29 is 0 Å². The van der Waals surface area contributed by atoms with Gasteiger partial charge in [-0.15, -0.1) is 11.3 Å². The van der Waals surface area contributed by atoms with Crippen LogP contribution in [-0.4, -0.2) is 15.0 Å². The zero-order valence-corrected chi connectivity index (χ0v) is 13.5. The normalized spacial score (nSPS) is 16.0. The van der Waals surface area contributed by atoms with Crippen LogP contribution in [0.3, 0.4) is 0 Å². The van der Waals surface area contributed by atoms with E-state index >= 15 is 0 Å². The van der Waals surface area contributed by atoms with E-state index in [-0.39, 0.29) is 6.04 Å². The summed E-state index contributed by atoms with van der Waals surface area (Å²) >= 11 is 1.74. The maximum Gasteiger partial charge on any atom is 0.136 e. The van der Waals surface area contributed by atoms with Crippen molar-refractivity contribution in [3.05, 3.63) is 27.5 Å².